The topological polar surface area (TPSA) is 190 Å². The van der Waals surface area contributed by atoms with Gasteiger partial charge in [0, 0.05) is 6.20 Å². The molecule has 192 valence electrons. The standard InChI is InChI=1S/C21H30N5O8P/c1-12(2)32-20(28)13(3)25-35(30,34-14-7-5-4-6-8-14)31-11-15-18(27)17(23)19(33-15)26-10-9-16(22)24-21(26)29/h4-10,12-13,15,17-19,27H,11,23H2,1-3H3,(H,25,30)(H2,22,24,29). The van der Waals surface area contributed by atoms with Crippen LogP contribution in [0.5, 0.6) is 5.75 Å². The van der Waals surface area contributed by atoms with Crippen LogP contribution in [0, 0.1) is 0 Å². The molecule has 3 rings (SSSR count). The van der Waals surface area contributed by atoms with Crippen molar-refractivity contribution in [3.63, 3.8) is 0 Å². The molecule has 2 aromatic rings. The Kier molecular flexibility index (Phi) is 8.65. The van der Waals surface area contributed by atoms with Crippen molar-refractivity contribution in [1.82, 2.24) is 14.6 Å². The van der Waals surface area contributed by atoms with Gasteiger partial charge in [0.1, 0.15) is 29.8 Å². The van der Waals surface area contributed by atoms with Crippen LogP contribution in [0.3, 0.4) is 0 Å². The van der Waals surface area contributed by atoms with Gasteiger partial charge in [0.25, 0.3) is 0 Å². The van der Waals surface area contributed by atoms with Crippen LogP contribution in [0.15, 0.2) is 47.4 Å². The number of aromatic nitrogens is 2. The summed E-state index contributed by atoms with van der Waals surface area (Å²) in [6, 6.07) is 7.52. The van der Waals surface area contributed by atoms with Gasteiger partial charge in [-0.3, -0.25) is 13.9 Å². The van der Waals surface area contributed by atoms with Crippen LogP contribution < -0.4 is 26.8 Å². The number of carbonyl (C=O) groups excluding carboxylic acids is 1. The average molecular weight is 511 g/mol. The lowest BCUT2D eigenvalue weighted by atomic mass is 10.1. The number of para-hydroxylation sites is 1. The zero-order valence-corrected chi connectivity index (χ0v) is 20.4. The number of nitrogens with one attached hydrogen (secondary N) is 1. The first-order valence-corrected chi connectivity index (χ1v) is 12.4. The molecule has 1 saturated heterocycles. The van der Waals surface area contributed by atoms with E-state index in [4.69, 9.17) is 30.0 Å². The Bertz CT molecular complexity index is 1110. The van der Waals surface area contributed by atoms with Gasteiger partial charge < -0.3 is 30.6 Å². The number of nitrogen functional groups attached to an aromatic ring is 1. The summed E-state index contributed by atoms with van der Waals surface area (Å²) in [5.41, 5.74) is 10.9. The summed E-state index contributed by atoms with van der Waals surface area (Å²) in [4.78, 5) is 28.0. The Morgan fingerprint density at radius 2 is 1.97 bits per heavy atom. The fraction of sp³-hybridized carbons (Fsp3) is 0.476. The van der Waals surface area contributed by atoms with E-state index in [1.165, 1.54) is 19.2 Å². The molecule has 0 bridgehead atoms. The first kappa shape index (κ1) is 26.8. The van der Waals surface area contributed by atoms with Crippen molar-refractivity contribution in [3.8, 4) is 5.75 Å². The van der Waals surface area contributed by atoms with Gasteiger partial charge in [0.2, 0.25) is 0 Å². The summed E-state index contributed by atoms with van der Waals surface area (Å²) in [5, 5.41) is 13.1. The van der Waals surface area contributed by atoms with E-state index in [0.717, 1.165) is 4.57 Å². The second-order valence-corrected chi connectivity index (χ2v) is 9.90. The maximum atomic E-state index is 13.6. The molecule has 13 nitrogen and oxygen atoms in total. The maximum Gasteiger partial charge on any atom is 0.459 e. The number of nitrogens with zero attached hydrogens (tertiary/aromatic N) is 2. The highest BCUT2D eigenvalue weighted by Gasteiger charge is 2.44. The van der Waals surface area contributed by atoms with E-state index in [0.29, 0.717) is 0 Å². The molecule has 6 unspecified atom stereocenters. The maximum absolute atomic E-state index is 13.6. The number of nitrogens with two attached hydrogens (primary N) is 2. The summed E-state index contributed by atoms with van der Waals surface area (Å²) < 4.78 is 36.6. The lowest BCUT2D eigenvalue weighted by Crippen LogP contribution is -2.42. The molecule has 1 fully saturated rings. The van der Waals surface area contributed by atoms with Gasteiger partial charge >= 0.3 is 19.4 Å². The summed E-state index contributed by atoms with van der Waals surface area (Å²) >= 11 is 0. The van der Waals surface area contributed by atoms with Crippen molar-refractivity contribution >= 4 is 19.5 Å². The largest absolute Gasteiger partial charge is 0.462 e. The summed E-state index contributed by atoms with van der Waals surface area (Å²) in [6.45, 7) is 4.37. The Labute approximate surface area is 201 Å². The summed E-state index contributed by atoms with van der Waals surface area (Å²) in [7, 11) is -4.18. The van der Waals surface area contributed by atoms with Crippen LogP contribution in [0.25, 0.3) is 0 Å². The molecule has 2 heterocycles. The van der Waals surface area contributed by atoms with E-state index in [1.54, 1.807) is 44.2 Å². The Morgan fingerprint density at radius 1 is 1.29 bits per heavy atom. The smallest absolute Gasteiger partial charge is 0.459 e. The molecule has 0 amide bonds. The van der Waals surface area contributed by atoms with Crippen LogP contribution in [0.4, 0.5) is 5.82 Å². The lowest BCUT2D eigenvalue weighted by Gasteiger charge is -2.25. The minimum atomic E-state index is -4.18. The third kappa shape index (κ3) is 6.88. The highest BCUT2D eigenvalue weighted by Crippen LogP contribution is 2.45. The minimum absolute atomic E-state index is 0.0217. The molecule has 6 N–H and O–H groups in total. The first-order valence-electron chi connectivity index (χ1n) is 10.9. The third-order valence-corrected chi connectivity index (χ3v) is 6.62. The fourth-order valence-electron chi connectivity index (χ4n) is 3.28. The van der Waals surface area contributed by atoms with Crippen molar-refractivity contribution in [1.29, 1.82) is 0 Å². The molecule has 0 saturated carbocycles. The number of aliphatic hydroxyl groups is 1. The number of aliphatic hydroxyl groups excluding tert-OH is 1. The van der Waals surface area contributed by atoms with Gasteiger partial charge in [-0.25, -0.2) is 9.36 Å². The molecule has 1 aromatic carbocycles. The van der Waals surface area contributed by atoms with Crippen molar-refractivity contribution in [3.05, 3.63) is 53.1 Å². The highest BCUT2D eigenvalue weighted by molar-refractivity contribution is 7.52. The van der Waals surface area contributed by atoms with Gasteiger partial charge in [-0.1, -0.05) is 18.2 Å². The predicted molar refractivity (Wildman–Crippen MR) is 125 cm³/mol. The molecule has 14 heteroatoms. The van der Waals surface area contributed by atoms with Crippen molar-refractivity contribution in [2.45, 2.75) is 57.4 Å². The molecule has 0 radical (unpaired) electrons. The van der Waals surface area contributed by atoms with Crippen LogP contribution in [-0.4, -0.2) is 57.6 Å². The summed E-state index contributed by atoms with van der Waals surface area (Å²) in [6.07, 6.45) is -2.46. The highest BCUT2D eigenvalue weighted by atomic mass is 31.2. The van der Waals surface area contributed by atoms with Gasteiger partial charge in [-0.15, -0.1) is 0 Å². The van der Waals surface area contributed by atoms with Crippen LogP contribution >= 0.6 is 7.75 Å². The van der Waals surface area contributed by atoms with Crippen LogP contribution in [0.2, 0.25) is 0 Å². The number of hydrogen-bond donors (Lipinski definition) is 4. The average Bonchev–Trinajstić information content (AvgIpc) is 3.06. The predicted octanol–water partition coefficient (Wildman–Crippen LogP) is 0.545. The van der Waals surface area contributed by atoms with E-state index < -0.39 is 56.5 Å². The molecule has 1 aliphatic heterocycles. The summed E-state index contributed by atoms with van der Waals surface area (Å²) in [5.74, 6) is -0.418. The molecule has 0 spiro atoms. The second-order valence-electron chi connectivity index (χ2n) is 8.21. The quantitative estimate of drug-likeness (QED) is 0.256. The number of esters is 1. The van der Waals surface area contributed by atoms with Crippen LogP contribution in [-0.2, 0) is 23.4 Å². The Hall–Kier alpha value is -2.80. The van der Waals surface area contributed by atoms with Crippen LogP contribution in [0.1, 0.15) is 27.0 Å². The van der Waals surface area contributed by atoms with E-state index in [-0.39, 0.29) is 17.7 Å². The fourth-order valence-corrected chi connectivity index (χ4v) is 4.78. The number of hydrogen-bond acceptors (Lipinski definition) is 11. The van der Waals surface area contributed by atoms with E-state index in [2.05, 4.69) is 10.1 Å². The molecule has 6 atom stereocenters. The third-order valence-electron chi connectivity index (χ3n) is 4.98. The van der Waals surface area contributed by atoms with Gasteiger partial charge in [0.15, 0.2) is 6.23 Å². The van der Waals surface area contributed by atoms with E-state index in [9.17, 15) is 19.3 Å². The van der Waals surface area contributed by atoms with Crippen molar-refractivity contribution in [2.75, 3.05) is 12.3 Å². The Morgan fingerprint density at radius 3 is 2.60 bits per heavy atom. The molecule has 1 aromatic heterocycles. The van der Waals surface area contributed by atoms with Gasteiger partial charge in [-0.05, 0) is 39.0 Å². The molecular formula is C21H30N5O8P. The molecule has 35 heavy (non-hydrogen) atoms. The second kappa shape index (κ2) is 11.3. The monoisotopic (exact) mass is 511 g/mol. The van der Waals surface area contributed by atoms with Gasteiger partial charge in [0.05, 0.1) is 18.8 Å². The van der Waals surface area contributed by atoms with Crippen molar-refractivity contribution < 1.29 is 33.0 Å². The zero-order chi connectivity index (χ0) is 25.8. The molecule has 0 aliphatic carbocycles. The minimum Gasteiger partial charge on any atom is -0.462 e. The van der Waals surface area contributed by atoms with E-state index >= 15 is 0 Å². The number of carbonyl (C=O) groups is 1. The van der Waals surface area contributed by atoms with E-state index in [1.807, 2.05) is 0 Å². The zero-order valence-electron chi connectivity index (χ0n) is 19.5. The lowest BCUT2D eigenvalue weighted by molar-refractivity contribution is -0.149. The Balaban J connectivity index is 1.75. The van der Waals surface area contributed by atoms with Gasteiger partial charge in [-0.2, -0.15) is 10.1 Å². The SMILES string of the molecule is CC(C)OC(=O)C(C)NP(=O)(OCC1OC(n2ccc(N)nc2=O)C(N)C1O)Oc1ccccc1. The number of anilines is 1. The first-order chi connectivity index (χ1) is 16.5. The number of benzene rings is 1. The number of rotatable bonds is 10. The normalized spacial score (nSPS) is 24.6. The molecular weight excluding hydrogens is 481 g/mol. The number of ether oxygens (including phenoxy) is 2. The molecule has 1 aliphatic rings. The van der Waals surface area contributed by atoms with Crippen molar-refractivity contribution in [2.24, 2.45) is 5.73 Å².